The maximum absolute atomic E-state index is 5.45. The zero-order valence-electron chi connectivity index (χ0n) is 8.72. The van der Waals surface area contributed by atoms with Crippen molar-refractivity contribution in [3.05, 3.63) is 35.6 Å². The molecule has 0 atom stereocenters. The summed E-state index contributed by atoms with van der Waals surface area (Å²) in [6.07, 6.45) is 0. The first kappa shape index (κ1) is 9.85. The Balaban J connectivity index is 0.000000396. The summed E-state index contributed by atoms with van der Waals surface area (Å²) in [6, 6.07) is 8.18. The monoisotopic (exact) mass is 176 g/mol. The molecule has 0 N–H and O–H groups in total. The van der Waals surface area contributed by atoms with Crippen molar-refractivity contribution in [2.75, 3.05) is 0 Å². The Hall–Kier alpha value is -1.24. The van der Waals surface area contributed by atoms with Crippen molar-refractivity contribution in [2.45, 2.75) is 27.7 Å². The van der Waals surface area contributed by atoms with E-state index in [1.54, 1.807) is 0 Å². The van der Waals surface area contributed by atoms with Gasteiger partial charge in [-0.05, 0) is 31.5 Å². The van der Waals surface area contributed by atoms with Gasteiger partial charge in [-0.15, -0.1) is 0 Å². The van der Waals surface area contributed by atoms with Crippen molar-refractivity contribution < 1.29 is 4.42 Å². The fraction of sp³-hybridized carbons (Fsp3) is 0.333. The molecule has 0 spiro atoms. The molecule has 0 saturated heterocycles. The number of aryl methyl sites for hydroxylation is 2. The smallest absolute Gasteiger partial charge is 0.134 e. The van der Waals surface area contributed by atoms with Gasteiger partial charge in [-0.1, -0.05) is 26.0 Å². The van der Waals surface area contributed by atoms with Crippen LogP contribution in [0, 0.1) is 13.8 Å². The van der Waals surface area contributed by atoms with E-state index in [2.05, 4.69) is 19.1 Å². The molecule has 0 aliphatic carbocycles. The summed E-state index contributed by atoms with van der Waals surface area (Å²) in [6.45, 7) is 8.07. The second-order valence-corrected chi connectivity index (χ2v) is 2.84. The number of fused-ring (bicyclic) bond motifs is 1. The van der Waals surface area contributed by atoms with Crippen LogP contribution in [0.3, 0.4) is 0 Å². The highest BCUT2D eigenvalue weighted by Crippen LogP contribution is 2.21. The van der Waals surface area contributed by atoms with Crippen molar-refractivity contribution in [3.8, 4) is 0 Å². The minimum absolute atomic E-state index is 0.981. The van der Waals surface area contributed by atoms with Gasteiger partial charge in [0, 0.05) is 5.39 Å². The summed E-state index contributed by atoms with van der Waals surface area (Å²) in [7, 11) is 0. The first-order valence-corrected chi connectivity index (χ1v) is 4.73. The molecule has 0 bridgehead atoms. The number of hydrogen-bond donors (Lipinski definition) is 0. The Labute approximate surface area is 79.4 Å². The molecule has 1 heterocycles. The standard InChI is InChI=1S/C10H10O.C2H6/c1-7-4-3-5-10-9(7)6-8(2)11-10;1-2/h3-6H,1-2H3;1-2H3. The van der Waals surface area contributed by atoms with Crippen LogP contribution in [-0.4, -0.2) is 0 Å². The second kappa shape index (κ2) is 4.13. The molecule has 0 amide bonds. The summed E-state index contributed by atoms with van der Waals surface area (Å²) in [5.74, 6) is 0.981. The summed E-state index contributed by atoms with van der Waals surface area (Å²) in [5.41, 5.74) is 2.27. The Morgan fingerprint density at radius 1 is 1.08 bits per heavy atom. The number of rotatable bonds is 0. The van der Waals surface area contributed by atoms with E-state index >= 15 is 0 Å². The van der Waals surface area contributed by atoms with E-state index in [4.69, 9.17) is 4.42 Å². The van der Waals surface area contributed by atoms with E-state index in [0.717, 1.165) is 11.3 Å². The third-order valence-corrected chi connectivity index (χ3v) is 1.90. The highest BCUT2D eigenvalue weighted by molar-refractivity contribution is 5.81. The molecule has 2 rings (SSSR count). The lowest BCUT2D eigenvalue weighted by Gasteiger charge is -1.90. The molecule has 0 radical (unpaired) electrons. The van der Waals surface area contributed by atoms with Crippen LogP contribution in [0.25, 0.3) is 11.0 Å². The molecule has 0 aliphatic heterocycles. The Morgan fingerprint density at radius 3 is 2.38 bits per heavy atom. The lowest BCUT2D eigenvalue weighted by atomic mass is 10.1. The third kappa shape index (κ3) is 1.92. The first-order valence-electron chi connectivity index (χ1n) is 4.73. The van der Waals surface area contributed by atoms with Crippen LogP contribution >= 0.6 is 0 Å². The molecule has 70 valence electrons. The fourth-order valence-electron chi connectivity index (χ4n) is 1.33. The molecule has 0 fully saturated rings. The predicted octanol–water partition coefficient (Wildman–Crippen LogP) is 4.08. The predicted molar refractivity (Wildman–Crippen MR) is 57.0 cm³/mol. The van der Waals surface area contributed by atoms with Crippen LogP contribution in [0.5, 0.6) is 0 Å². The minimum atomic E-state index is 0.981. The maximum atomic E-state index is 5.45. The molecule has 0 saturated carbocycles. The first-order chi connectivity index (χ1) is 6.27. The quantitative estimate of drug-likeness (QED) is 0.589. The van der Waals surface area contributed by atoms with Crippen LogP contribution in [0.2, 0.25) is 0 Å². The van der Waals surface area contributed by atoms with Crippen LogP contribution < -0.4 is 0 Å². The molecule has 1 nitrogen and oxygen atoms in total. The second-order valence-electron chi connectivity index (χ2n) is 2.84. The van der Waals surface area contributed by atoms with Gasteiger partial charge in [-0.25, -0.2) is 0 Å². The Kier molecular flexibility index (Phi) is 3.13. The average Bonchev–Trinajstić information content (AvgIpc) is 2.51. The number of hydrogen-bond acceptors (Lipinski definition) is 1. The Bertz CT molecular complexity index is 385. The molecule has 1 aromatic heterocycles. The molecule has 0 aliphatic rings. The molecule has 13 heavy (non-hydrogen) atoms. The highest BCUT2D eigenvalue weighted by atomic mass is 16.3. The Morgan fingerprint density at radius 2 is 1.77 bits per heavy atom. The third-order valence-electron chi connectivity index (χ3n) is 1.90. The van der Waals surface area contributed by atoms with Crippen molar-refractivity contribution in [1.29, 1.82) is 0 Å². The van der Waals surface area contributed by atoms with Crippen molar-refractivity contribution in [3.63, 3.8) is 0 Å². The van der Waals surface area contributed by atoms with Crippen LogP contribution in [-0.2, 0) is 0 Å². The zero-order chi connectivity index (χ0) is 9.84. The largest absolute Gasteiger partial charge is 0.461 e. The maximum Gasteiger partial charge on any atom is 0.134 e. The summed E-state index contributed by atoms with van der Waals surface area (Å²) in [5, 5.41) is 1.23. The van der Waals surface area contributed by atoms with Gasteiger partial charge in [-0.2, -0.15) is 0 Å². The van der Waals surface area contributed by atoms with Crippen molar-refractivity contribution in [1.82, 2.24) is 0 Å². The number of benzene rings is 1. The van der Waals surface area contributed by atoms with Crippen LogP contribution in [0.15, 0.2) is 28.7 Å². The molecule has 0 unspecified atom stereocenters. The van der Waals surface area contributed by atoms with Crippen LogP contribution in [0.4, 0.5) is 0 Å². The summed E-state index contributed by atoms with van der Waals surface area (Å²) < 4.78 is 5.45. The molecule has 2 aromatic rings. The van der Waals surface area contributed by atoms with Crippen molar-refractivity contribution >= 4 is 11.0 Å². The van der Waals surface area contributed by atoms with Gasteiger partial charge in [0.15, 0.2) is 0 Å². The average molecular weight is 176 g/mol. The lowest BCUT2D eigenvalue weighted by molar-refractivity contribution is 0.578. The van der Waals surface area contributed by atoms with Gasteiger partial charge < -0.3 is 4.42 Å². The summed E-state index contributed by atoms with van der Waals surface area (Å²) >= 11 is 0. The zero-order valence-corrected chi connectivity index (χ0v) is 8.72. The topological polar surface area (TPSA) is 13.1 Å². The van der Waals surface area contributed by atoms with E-state index in [1.165, 1.54) is 10.9 Å². The van der Waals surface area contributed by atoms with Gasteiger partial charge in [0.25, 0.3) is 0 Å². The van der Waals surface area contributed by atoms with Gasteiger partial charge in [-0.3, -0.25) is 0 Å². The van der Waals surface area contributed by atoms with E-state index in [9.17, 15) is 0 Å². The van der Waals surface area contributed by atoms with Gasteiger partial charge >= 0.3 is 0 Å². The SMILES string of the molecule is CC.Cc1cc2c(C)cccc2o1. The summed E-state index contributed by atoms with van der Waals surface area (Å²) in [4.78, 5) is 0. The normalized spacial score (nSPS) is 9.54. The van der Waals surface area contributed by atoms with Gasteiger partial charge in [0.1, 0.15) is 11.3 Å². The fourth-order valence-corrected chi connectivity index (χ4v) is 1.33. The molecule has 1 heteroatoms. The highest BCUT2D eigenvalue weighted by Gasteiger charge is 2.00. The molecular formula is C12H16O. The van der Waals surface area contributed by atoms with E-state index in [1.807, 2.05) is 32.9 Å². The molecule has 1 aromatic carbocycles. The van der Waals surface area contributed by atoms with E-state index in [0.29, 0.717) is 0 Å². The van der Waals surface area contributed by atoms with E-state index < -0.39 is 0 Å². The minimum Gasteiger partial charge on any atom is -0.461 e. The van der Waals surface area contributed by atoms with Crippen molar-refractivity contribution in [2.24, 2.45) is 0 Å². The van der Waals surface area contributed by atoms with Crippen LogP contribution in [0.1, 0.15) is 25.2 Å². The molecular weight excluding hydrogens is 160 g/mol. The van der Waals surface area contributed by atoms with Gasteiger partial charge in [0.2, 0.25) is 0 Å². The van der Waals surface area contributed by atoms with E-state index in [-0.39, 0.29) is 0 Å². The number of furan rings is 1. The van der Waals surface area contributed by atoms with Gasteiger partial charge in [0.05, 0.1) is 0 Å². The lowest BCUT2D eigenvalue weighted by Crippen LogP contribution is -1.69.